The molecule has 1 N–H and O–H groups in total. The summed E-state index contributed by atoms with van der Waals surface area (Å²) >= 11 is 0. The molecule has 2 atom stereocenters. The molecule has 0 saturated carbocycles. The molecular weight excluding hydrogens is 308 g/mol. The van der Waals surface area contributed by atoms with Crippen molar-refractivity contribution in [3.05, 3.63) is 41.7 Å². The summed E-state index contributed by atoms with van der Waals surface area (Å²) in [7, 11) is 0. The van der Waals surface area contributed by atoms with Crippen molar-refractivity contribution in [2.24, 2.45) is 0 Å². The van der Waals surface area contributed by atoms with E-state index in [-0.39, 0.29) is 18.8 Å². The van der Waals surface area contributed by atoms with Gasteiger partial charge in [-0.2, -0.15) is 0 Å². The predicted octanol–water partition coefficient (Wildman–Crippen LogP) is 0.995. The highest BCUT2D eigenvalue weighted by molar-refractivity contribution is 5.27. The highest BCUT2D eigenvalue weighted by Gasteiger charge is 2.36. The number of likely N-dealkylation sites (tertiary alicyclic amines) is 1. The van der Waals surface area contributed by atoms with Crippen LogP contribution in [0.4, 0.5) is 0 Å². The third-order valence-corrected chi connectivity index (χ3v) is 4.70. The normalized spacial score (nSPS) is 23.5. The van der Waals surface area contributed by atoms with Crippen LogP contribution < -0.4 is 4.74 Å². The summed E-state index contributed by atoms with van der Waals surface area (Å²) in [6.07, 6.45) is 3.05. The van der Waals surface area contributed by atoms with Crippen LogP contribution >= 0.6 is 0 Å². The molecule has 7 heteroatoms. The molecule has 0 bridgehead atoms. The monoisotopic (exact) mass is 330 g/mol. The Bertz CT molecular complexity index is 673. The summed E-state index contributed by atoms with van der Waals surface area (Å²) in [4.78, 5) is 2.44. The molecule has 1 aromatic carbocycles. The molecule has 24 heavy (non-hydrogen) atoms. The maximum Gasteiger partial charge on any atom is 0.119 e. The van der Waals surface area contributed by atoms with Gasteiger partial charge in [0.05, 0.1) is 37.3 Å². The number of aliphatic hydroxyl groups is 1. The Kier molecular flexibility index (Phi) is 4.46. The van der Waals surface area contributed by atoms with Gasteiger partial charge in [0.25, 0.3) is 0 Å². The number of ether oxygens (including phenoxy) is 2. The standard InChI is InChI=1S/C17H22N4O3/c22-7-8-23-15-3-1-13(2-4-15)10-20-6-5-17-16(11-20)21-14(12-24-17)9-18-19-21/h1-4,9,16-17,22H,5-8,10-12H2/t16-,17-/m0/s1. The lowest BCUT2D eigenvalue weighted by Gasteiger charge is -2.41. The van der Waals surface area contributed by atoms with Gasteiger partial charge in [0, 0.05) is 19.6 Å². The van der Waals surface area contributed by atoms with E-state index >= 15 is 0 Å². The molecular formula is C17H22N4O3. The molecule has 128 valence electrons. The maximum atomic E-state index is 8.79. The first-order chi connectivity index (χ1) is 11.8. The van der Waals surface area contributed by atoms with Gasteiger partial charge >= 0.3 is 0 Å². The second-order valence-electron chi connectivity index (χ2n) is 6.33. The number of aromatic nitrogens is 3. The van der Waals surface area contributed by atoms with E-state index in [9.17, 15) is 0 Å². The smallest absolute Gasteiger partial charge is 0.119 e. The van der Waals surface area contributed by atoms with Gasteiger partial charge in [-0.25, -0.2) is 4.68 Å². The fourth-order valence-electron chi connectivity index (χ4n) is 3.50. The van der Waals surface area contributed by atoms with Gasteiger partial charge in [0.2, 0.25) is 0 Å². The van der Waals surface area contributed by atoms with Gasteiger partial charge in [-0.15, -0.1) is 5.10 Å². The van der Waals surface area contributed by atoms with Crippen LogP contribution in [-0.2, 0) is 17.9 Å². The molecule has 4 rings (SSSR count). The molecule has 0 amide bonds. The Morgan fingerprint density at radius 1 is 1.29 bits per heavy atom. The molecule has 0 spiro atoms. The Labute approximate surface area is 140 Å². The van der Waals surface area contributed by atoms with Crippen molar-refractivity contribution in [1.82, 2.24) is 19.9 Å². The molecule has 0 radical (unpaired) electrons. The van der Waals surface area contributed by atoms with E-state index in [0.717, 1.165) is 37.5 Å². The minimum atomic E-state index is 0.0322. The van der Waals surface area contributed by atoms with Crippen LogP contribution in [0.3, 0.4) is 0 Å². The van der Waals surface area contributed by atoms with E-state index in [4.69, 9.17) is 14.6 Å². The average Bonchev–Trinajstić information content (AvgIpc) is 3.10. The first-order valence-corrected chi connectivity index (χ1v) is 8.39. The van der Waals surface area contributed by atoms with Gasteiger partial charge in [0.1, 0.15) is 12.4 Å². The van der Waals surface area contributed by atoms with Crippen LogP contribution in [-0.4, -0.2) is 57.4 Å². The Balaban J connectivity index is 1.40. The van der Waals surface area contributed by atoms with E-state index in [1.54, 1.807) is 6.20 Å². The largest absolute Gasteiger partial charge is 0.491 e. The number of aliphatic hydroxyl groups excluding tert-OH is 1. The SMILES string of the molecule is OCCOc1ccc(CN2CC[C@@H]3OCc4cnnn4[C@H]3C2)cc1. The highest BCUT2D eigenvalue weighted by Crippen LogP contribution is 2.30. The quantitative estimate of drug-likeness (QED) is 0.882. The van der Waals surface area contributed by atoms with Gasteiger partial charge in [-0.1, -0.05) is 17.3 Å². The van der Waals surface area contributed by atoms with Crippen LogP contribution in [0.1, 0.15) is 23.7 Å². The minimum absolute atomic E-state index is 0.0322. The van der Waals surface area contributed by atoms with Crippen molar-refractivity contribution in [2.45, 2.75) is 31.7 Å². The Morgan fingerprint density at radius 3 is 3.00 bits per heavy atom. The lowest BCUT2D eigenvalue weighted by molar-refractivity contribution is -0.0669. The fraction of sp³-hybridized carbons (Fsp3) is 0.529. The first-order valence-electron chi connectivity index (χ1n) is 8.39. The molecule has 1 saturated heterocycles. The first kappa shape index (κ1) is 15.6. The maximum absolute atomic E-state index is 8.79. The summed E-state index contributed by atoms with van der Waals surface area (Å²) in [5.41, 5.74) is 2.31. The summed E-state index contributed by atoms with van der Waals surface area (Å²) in [5, 5.41) is 17.1. The number of rotatable bonds is 5. The lowest BCUT2D eigenvalue weighted by atomic mass is 10.00. The summed E-state index contributed by atoms with van der Waals surface area (Å²) in [6.45, 7) is 3.81. The Morgan fingerprint density at radius 2 is 2.17 bits per heavy atom. The van der Waals surface area contributed by atoms with Gasteiger partial charge in [-0.3, -0.25) is 4.90 Å². The van der Waals surface area contributed by atoms with E-state index in [2.05, 4.69) is 27.3 Å². The molecule has 0 aliphatic carbocycles. The molecule has 1 aromatic heterocycles. The Hall–Kier alpha value is -1.96. The van der Waals surface area contributed by atoms with E-state index in [1.807, 2.05) is 16.8 Å². The van der Waals surface area contributed by atoms with E-state index < -0.39 is 0 Å². The van der Waals surface area contributed by atoms with Crippen LogP contribution in [0, 0.1) is 0 Å². The number of hydrogen-bond acceptors (Lipinski definition) is 6. The topological polar surface area (TPSA) is 72.6 Å². The number of piperidine rings is 1. The average molecular weight is 330 g/mol. The van der Waals surface area contributed by atoms with Crippen molar-refractivity contribution < 1.29 is 14.6 Å². The predicted molar refractivity (Wildman–Crippen MR) is 86.6 cm³/mol. The molecule has 3 heterocycles. The van der Waals surface area contributed by atoms with Gasteiger partial charge in [-0.05, 0) is 24.1 Å². The van der Waals surface area contributed by atoms with Crippen molar-refractivity contribution >= 4 is 0 Å². The van der Waals surface area contributed by atoms with Crippen molar-refractivity contribution in [3.63, 3.8) is 0 Å². The van der Waals surface area contributed by atoms with Crippen LogP contribution in [0.25, 0.3) is 0 Å². The summed E-state index contributed by atoms with van der Waals surface area (Å²) < 4.78 is 13.4. The molecule has 7 nitrogen and oxygen atoms in total. The second-order valence-corrected chi connectivity index (χ2v) is 6.33. The van der Waals surface area contributed by atoms with Crippen molar-refractivity contribution in [2.75, 3.05) is 26.3 Å². The van der Waals surface area contributed by atoms with Crippen LogP contribution in [0.15, 0.2) is 30.5 Å². The molecule has 2 aliphatic rings. The number of fused-ring (bicyclic) bond motifs is 3. The number of benzene rings is 1. The summed E-state index contributed by atoms with van der Waals surface area (Å²) in [5.74, 6) is 0.791. The minimum Gasteiger partial charge on any atom is -0.491 e. The van der Waals surface area contributed by atoms with E-state index in [0.29, 0.717) is 13.2 Å². The second kappa shape index (κ2) is 6.88. The van der Waals surface area contributed by atoms with Gasteiger partial charge in [0.15, 0.2) is 0 Å². The zero-order valence-corrected chi connectivity index (χ0v) is 13.5. The lowest BCUT2D eigenvalue weighted by Crippen LogP contribution is -2.47. The fourth-order valence-corrected chi connectivity index (χ4v) is 3.50. The third kappa shape index (κ3) is 3.15. The number of nitrogens with zero attached hydrogens (tertiary/aromatic N) is 4. The summed E-state index contributed by atoms with van der Waals surface area (Å²) in [6, 6.07) is 8.32. The molecule has 1 fully saturated rings. The number of hydrogen-bond donors (Lipinski definition) is 1. The van der Waals surface area contributed by atoms with Crippen LogP contribution in [0.2, 0.25) is 0 Å². The molecule has 0 unspecified atom stereocenters. The van der Waals surface area contributed by atoms with E-state index in [1.165, 1.54) is 5.56 Å². The van der Waals surface area contributed by atoms with Crippen molar-refractivity contribution in [3.8, 4) is 5.75 Å². The highest BCUT2D eigenvalue weighted by atomic mass is 16.5. The molecule has 2 aliphatic heterocycles. The third-order valence-electron chi connectivity index (χ3n) is 4.70. The van der Waals surface area contributed by atoms with Crippen molar-refractivity contribution in [1.29, 1.82) is 0 Å². The zero-order valence-electron chi connectivity index (χ0n) is 13.5. The zero-order chi connectivity index (χ0) is 16.4. The molecule has 2 aromatic rings. The van der Waals surface area contributed by atoms with Crippen LogP contribution in [0.5, 0.6) is 5.75 Å². The van der Waals surface area contributed by atoms with Gasteiger partial charge < -0.3 is 14.6 Å².